The number of nitrogens with two attached hydrogens (primary N) is 2. The minimum absolute atomic E-state index is 0.0462. The summed E-state index contributed by atoms with van der Waals surface area (Å²) in [6.45, 7) is 0. The quantitative estimate of drug-likeness (QED) is 0.357. The van der Waals surface area contributed by atoms with Crippen molar-refractivity contribution >= 4 is 29.2 Å². The summed E-state index contributed by atoms with van der Waals surface area (Å²) in [4.78, 5) is 10.9. The van der Waals surface area contributed by atoms with Crippen molar-refractivity contribution in [2.75, 3.05) is 0 Å². The Hall–Kier alpha value is -2.35. The zero-order chi connectivity index (χ0) is 18.8. The van der Waals surface area contributed by atoms with Gasteiger partial charge < -0.3 is 16.3 Å². The fraction of sp³-hybridized carbons (Fsp3) is 0.0625. The molecule has 132 valence electrons. The van der Waals surface area contributed by atoms with Crippen LogP contribution in [0.3, 0.4) is 0 Å². The topological polar surface area (TPSA) is 101 Å². The van der Waals surface area contributed by atoms with Gasteiger partial charge in [-0.2, -0.15) is 8.78 Å². The zero-order valence-electron chi connectivity index (χ0n) is 12.6. The molecule has 0 saturated carbocycles. The Morgan fingerprint density at radius 2 is 1.72 bits per heavy atom. The largest absolute Gasteiger partial charge is 0.476 e. The predicted molar refractivity (Wildman–Crippen MR) is 92.0 cm³/mol. The molecular formula is C16H13Cl2F2N3O2. The van der Waals surface area contributed by atoms with Gasteiger partial charge in [-0.25, -0.2) is 4.79 Å². The van der Waals surface area contributed by atoms with Gasteiger partial charge in [0.25, 0.3) is 0 Å². The predicted octanol–water partition coefficient (Wildman–Crippen LogP) is 3.47. The summed E-state index contributed by atoms with van der Waals surface area (Å²) >= 11 is 11.9. The molecule has 0 heterocycles. The molecule has 0 fully saturated rings. The first kappa shape index (κ1) is 19.0. The number of rotatable bonds is 5. The lowest BCUT2D eigenvalue weighted by molar-refractivity contribution is -0.133. The van der Waals surface area contributed by atoms with Gasteiger partial charge in [0.15, 0.2) is 5.70 Å². The number of carboxylic acids is 1. The first-order chi connectivity index (χ1) is 11.7. The molecule has 0 atom stereocenters. The number of hydrogen-bond donors (Lipinski definition) is 4. The first-order valence-electron chi connectivity index (χ1n) is 6.82. The Morgan fingerprint density at radius 1 is 1.12 bits per heavy atom. The van der Waals surface area contributed by atoms with Gasteiger partial charge in [-0.15, -0.1) is 0 Å². The van der Waals surface area contributed by atoms with Crippen LogP contribution in [0.25, 0.3) is 11.1 Å². The second-order valence-corrected chi connectivity index (χ2v) is 5.86. The zero-order valence-corrected chi connectivity index (χ0v) is 14.1. The van der Waals surface area contributed by atoms with Gasteiger partial charge in [0, 0.05) is 21.2 Å². The van der Waals surface area contributed by atoms with E-state index in [2.05, 4.69) is 0 Å². The Bertz CT molecular complexity index is 840. The van der Waals surface area contributed by atoms with Crippen molar-refractivity contribution in [1.82, 2.24) is 5.43 Å². The normalized spacial score (nSPS) is 12.5. The summed E-state index contributed by atoms with van der Waals surface area (Å²) in [6.07, 6.45) is 0. The lowest BCUT2D eigenvalue weighted by Crippen LogP contribution is -2.35. The molecule has 0 amide bonds. The first-order valence-corrected chi connectivity index (χ1v) is 7.58. The van der Waals surface area contributed by atoms with Crippen molar-refractivity contribution in [3.8, 4) is 11.1 Å². The molecule has 0 aliphatic heterocycles. The molecule has 6 N–H and O–H groups in total. The second kappa shape index (κ2) is 7.26. The molecule has 0 aromatic heterocycles. The molecule has 0 spiro atoms. The van der Waals surface area contributed by atoms with E-state index in [4.69, 9.17) is 39.9 Å². The summed E-state index contributed by atoms with van der Waals surface area (Å²) in [7, 11) is 0. The maximum absolute atomic E-state index is 14.5. The Labute approximate surface area is 151 Å². The van der Waals surface area contributed by atoms with Crippen molar-refractivity contribution < 1.29 is 18.7 Å². The number of hydrogen-bond acceptors (Lipinski definition) is 4. The molecule has 0 saturated heterocycles. The molecule has 0 radical (unpaired) electrons. The highest BCUT2D eigenvalue weighted by Crippen LogP contribution is 2.38. The van der Waals surface area contributed by atoms with Crippen LogP contribution in [0.5, 0.6) is 0 Å². The highest BCUT2D eigenvalue weighted by molar-refractivity contribution is 6.33. The average molecular weight is 388 g/mol. The number of benzene rings is 2. The van der Waals surface area contributed by atoms with Crippen LogP contribution < -0.4 is 17.0 Å². The van der Waals surface area contributed by atoms with Gasteiger partial charge in [-0.05, 0) is 23.8 Å². The summed E-state index contributed by atoms with van der Waals surface area (Å²) in [5, 5.41) is 9.44. The summed E-state index contributed by atoms with van der Waals surface area (Å²) in [6, 6.07) is 10.2. The number of carbonyl (C=O) groups is 1. The van der Waals surface area contributed by atoms with Crippen LogP contribution in [0, 0.1) is 0 Å². The van der Waals surface area contributed by atoms with Crippen LogP contribution in [-0.4, -0.2) is 11.1 Å². The van der Waals surface area contributed by atoms with Gasteiger partial charge in [-0.3, -0.25) is 5.84 Å². The highest BCUT2D eigenvalue weighted by Gasteiger charge is 2.39. The number of hydrazine groups is 1. The van der Waals surface area contributed by atoms with Crippen molar-refractivity contribution in [2.45, 2.75) is 5.92 Å². The number of allylic oxidation sites excluding steroid dienone is 1. The lowest BCUT2D eigenvalue weighted by Gasteiger charge is -2.20. The number of alkyl halides is 2. The van der Waals surface area contributed by atoms with E-state index in [0.717, 1.165) is 12.1 Å². The van der Waals surface area contributed by atoms with Gasteiger partial charge in [0.1, 0.15) is 5.70 Å². The van der Waals surface area contributed by atoms with Gasteiger partial charge in [0.2, 0.25) is 0 Å². The Kier molecular flexibility index (Phi) is 5.52. The van der Waals surface area contributed by atoms with E-state index in [0.29, 0.717) is 16.1 Å². The maximum atomic E-state index is 14.5. The van der Waals surface area contributed by atoms with Crippen LogP contribution in [0.15, 0.2) is 53.9 Å². The molecule has 25 heavy (non-hydrogen) atoms. The standard InChI is InChI=1S/C16H13Cl2F2N3O2/c17-10-4-1-8(2-5-10)11-6-3-9(7-12(11)18)16(19,20)14(21)13(23-22)15(24)25/h1-7,23H,21-22H2,(H,24,25)/b14-13-. The van der Waals surface area contributed by atoms with Crippen LogP contribution >= 0.6 is 23.2 Å². The molecule has 0 unspecified atom stereocenters. The van der Waals surface area contributed by atoms with E-state index in [1.54, 1.807) is 29.7 Å². The lowest BCUT2D eigenvalue weighted by atomic mass is 9.99. The Balaban J connectivity index is 2.49. The Morgan fingerprint density at radius 3 is 2.20 bits per heavy atom. The van der Waals surface area contributed by atoms with Crippen molar-refractivity contribution in [1.29, 1.82) is 0 Å². The number of carboxylic acid groups (broad SMARTS) is 1. The molecule has 0 aliphatic rings. The molecule has 0 aliphatic carbocycles. The van der Waals surface area contributed by atoms with E-state index in [9.17, 15) is 13.6 Å². The second-order valence-electron chi connectivity index (χ2n) is 5.01. The third kappa shape index (κ3) is 3.84. The van der Waals surface area contributed by atoms with Crippen LogP contribution in [-0.2, 0) is 10.7 Å². The third-order valence-corrected chi connectivity index (χ3v) is 4.02. The third-order valence-electron chi connectivity index (χ3n) is 3.45. The van der Waals surface area contributed by atoms with E-state index in [1.165, 1.54) is 6.07 Å². The van der Waals surface area contributed by atoms with E-state index < -0.39 is 28.8 Å². The van der Waals surface area contributed by atoms with Crippen LogP contribution in [0.1, 0.15) is 5.56 Å². The van der Waals surface area contributed by atoms with E-state index >= 15 is 0 Å². The van der Waals surface area contributed by atoms with Crippen molar-refractivity contribution in [2.24, 2.45) is 11.6 Å². The molecule has 5 nitrogen and oxygen atoms in total. The summed E-state index contributed by atoms with van der Waals surface area (Å²) in [5.41, 5.74) is 5.37. The molecule has 2 aromatic carbocycles. The monoisotopic (exact) mass is 387 g/mol. The molecule has 9 heteroatoms. The molecule has 2 aromatic rings. The van der Waals surface area contributed by atoms with Crippen molar-refractivity contribution in [3.05, 3.63) is 69.5 Å². The summed E-state index contributed by atoms with van der Waals surface area (Å²) in [5.74, 6) is -0.542. The number of nitrogens with one attached hydrogen (secondary N) is 1. The summed E-state index contributed by atoms with van der Waals surface area (Å²) < 4.78 is 29.0. The van der Waals surface area contributed by atoms with Gasteiger partial charge >= 0.3 is 11.9 Å². The smallest absolute Gasteiger partial charge is 0.355 e. The van der Waals surface area contributed by atoms with Gasteiger partial charge in [-0.1, -0.05) is 47.5 Å². The maximum Gasteiger partial charge on any atom is 0.355 e. The van der Waals surface area contributed by atoms with Crippen LogP contribution in [0.4, 0.5) is 8.78 Å². The molecule has 2 rings (SSSR count). The molecule has 0 bridgehead atoms. The molecular weight excluding hydrogens is 375 g/mol. The highest BCUT2D eigenvalue weighted by atomic mass is 35.5. The van der Waals surface area contributed by atoms with E-state index in [1.807, 2.05) is 0 Å². The number of halogens is 4. The fourth-order valence-electron chi connectivity index (χ4n) is 2.14. The van der Waals surface area contributed by atoms with Crippen LogP contribution in [0.2, 0.25) is 10.0 Å². The average Bonchev–Trinajstić information content (AvgIpc) is 2.56. The minimum Gasteiger partial charge on any atom is -0.476 e. The van der Waals surface area contributed by atoms with Gasteiger partial charge in [0.05, 0.1) is 0 Å². The van der Waals surface area contributed by atoms with E-state index in [-0.39, 0.29) is 5.02 Å². The SMILES string of the molecule is NN/C(C(=O)O)=C(\N)C(F)(F)c1ccc(-c2ccc(Cl)cc2)c(Cl)c1. The van der Waals surface area contributed by atoms with Crippen molar-refractivity contribution in [3.63, 3.8) is 0 Å². The fourth-order valence-corrected chi connectivity index (χ4v) is 2.56. The minimum atomic E-state index is -3.79. The number of aliphatic carboxylic acids is 1.